The molecule has 0 fully saturated rings. The molecule has 146 valence electrons. The number of fused-ring (bicyclic) bond motifs is 1. The Labute approximate surface area is 178 Å². The predicted molar refractivity (Wildman–Crippen MR) is 113 cm³/mol. The van der Waals surface area contributed by atoms with Gasteiger partial charge in [-0.3, -0.25) is 0 Å². The molecule has 1 heterocycles. The Hall–Kier alpha value is -3.68. The summed E-state index contributed by atoms with van der Waals surface area (Å²) in [6.07, 6.45) is 0. The number of nitriles is 1. The summed E-state index contributed by atoms with van der Waals surface area (Å²) >= 11 is -1.52. The third-order valence-corrected chi connectivity index (χ3v) is 7.20. The number of hydrogen-bond acceptors (Lipinski definition) is 5. The fourth-order valence-corrected chi connectivity index (χ4v) is 5.39. The third kappa shape index (κ3) is 3.63. The van der Waals surface area contributed by atoms with E-state index in [1.54, 1.807) is 0 Å². The maximum atomic E-state index is 12.9. The van der Waals surface area contributed by atoms with Gasteiger partial charge in [-0.1, -0.05) is 0 Å². The van der Waals surface area contributed by atoms with Crippen LogP contribution in [0.2, 0.25) is 0 Å². The molecule has 4 rings (SSSR count). The predicted octanol–water partition coefficient (Wildman–Crippen LogP) is 3.28. The van der Waals surface area contributed by atoms with Crippen LogP contribution in [0.3, 0.4) is 0 Å². The summed E-state index contributed by atoms with van der Waals surface area (Å²) in [6, 6.07) is 19.9. The van der Waals surface area contributed by atoms with E-state index in [0.29, 0.717) is 15.3 Å². The number of carboxylic acids is 1. The third-order valence-electron chi connectivity index (χ3n) is 4.77. The molecule has 1 N–H and O–H groups in total. The van der Waals surface area contributed by atoms with Crippen LogP contribution in [0, 0.1) is 18.3 Å². The summed E-state index contributed by atoms with van der Waals surface area (Å²) in [5.41, 5.74) is 3.97. The van der Waals surface area contributed by atoms with Crippen molar-refractivity contribution in [1.82, 2.24) is 5.16 Å². The van der Waals surface area contributed by atoms with Gasteiger partial charge in [0.25, 0.3) is 0 Å². The molecular formula is C23H15AsN2O4. The van der Waals surface area contributed by atoms with Gasteiger partial charge in [0, 0.05) is 0 Å². The quantitative estimate of drug-likeness (QED) is 0.461. The van der Waals surface area contributed by atoms with Crippen LogP contribution in [0.15, 0.2) is 65.2 Å². The molecule has 4 aromatic rings. The van der Waals surface area contributed by atoms with Crippen LogP contribution in [0.4, 0.5) is 0 Å². The van der Waals surface area contributed by atoms with Crippen molar-refractivity contribution in [2.75, 3.05) is 0 Å². The van der Waals surface area contributed by atoms with Crippen molar-refractivity contribution in [3.63, 3.8) is 0 Å². The van der Waals surface area contributed by atoms with Crippen LogP contribution in [0.25, 0.3) is 22.0 Å². The monoisotopic (exact) mass is 458 g/mol. The molecule has 0 amide bonds. The number of aryl methyl sites for hydroxylation is 1. The number of rotatable bonds is 5. The first kappa shape index (κ1) is 19.6. The van der Waals surface area contributed by atoms with Crippen LogP contribution in [-0.4, -0.2) is 36.6 Å². The number of aromatic nitrogens is 1. The van der Waals surface area contributed by atoms with Crippen molar-refractivity contribution in [1.29, 1.82) is 5.26 Å². The first-order valence-corrected chi connectivity index (χ1v) is 11.1. The van der Waals surface area contributed by atoms with E-state index >= 15 is 0 Å². The van der Waals surface area contributed by atoms with Crippen LogP contribution < -0.4 is 4.35 Å². The second-order valence-corrected chi connectivity index (χ2v) is 9.30. The summed E-state index contributed by atoms with van der Waals surface area (Å²) in [7, 11) is 0. The molecule has 7 heteroatoms. The Morgan fingerprint density at radius 2 is 1.90 bits per heavy atom. The molecule has 0 spiro atoms. The molecule has 3 aromatic carbocycles. The van der Waals surface area contributed by atoms with Gasteiger partial charge in [-0.05, 0) is 0 Å². The van der Waals surface area contributed by atoms with Gasteiger partial charge in [-0.2, -0.15) is 0 Å². The Bertz CT molecular complexity index is 1350. The molecule has 0 saturated heterocycles. The second-order valence-electron chi connectivity index (χ2n) is 6.69. The number of aromatic carboxylic acids is 1. The van der Waals surface area contributed by atoms with Gasteiger partial charge >= 0.3 is 178 Å². The molecule has 1 unspecified atom stereocenters. The van der Waals surface area contributed by atoms with Crippen LogP contribution in [0.1, 0.15) is 32.0 Å². The summed E-state index contributed by atoms with van der Waals surface area (Å²) in [5, 5.41) is 23.1. The molecule has 1 atom stereocenters. The van der Waals surface area contributed by atoms with E-state index in [1.807, 2.05) is 55.5 Å². The van der Waals surface area contributed by atoms with E-state index in [1.165, 1.54) is 18.2 Å². The summed E-state index contributed by atoms with van der Waals surface area (Å²) in [4.78, 5) is 24.4. The van der Waals surface area contributed by atoms with Crippen LogP contribution in [0.5, 0.6) is 0 Å². The fourth-order valence-electron chi connectivity index (χ4n) is 3.25. The van der Waals surface area contributed by atoms with E-state index in [2.05, 4.69) is 5.16 Å². The van der Waals surface area contributed by atoms with Gasteiger partial charge in [-0.25, -0.2) is 0 Å². The van der Waals surface area contributed by atoms with Crippen molar-refractivity contribution >= 4 is 41.5 Å². The maximum absolute atomic E-state index is 12.9. The summed E-state index contributed by atoms with van der Waals surface area (Å²) in [5.74, 6) is -1.02. The van der Waals surface area contributed by atoms with E-state index < -0.39 is 21.7 Å². The van der Waals surface area contributed by atoms with Gasteiger partial charge in [0.2, 0.25) is 0 Å². The van der Waals surface area contributed by atoms with E-state index in [-0.39, 0.29) is 21.5 Å². The molecule has 0 aliphatic heterocycles. The number of nitrogens with zero attached hydrogens (tertiary/aromatic N) is 2. The normalized spacial score (nSPS) is 11.1. The molecule has 0 aliphatic rings. The van der Waals surface area contributed by atoms with Crippen LogP contribution in [-0.2, 0) is 0 Å². The van der Waals surface area contributed by atoms with Gasteiger partial charge in [-0.15, -0.1) is 0 Å². The average molecular weight is 458 g/mol. The van der Waals surface area contributed by atoms with Gasteiger partial charge < -0.3 is 0 Å². The molecule has 0 aliphatic carbocycles. The van der Waals surface area contributed by atoms with Crippen molar-refractivity contribution in [3.05, 3.63) is 83.1 Å². The zero-order valence-corrected chi connectivity index (χ0v) is 17.9. The first-order valence-electron chi connectivity index (χ1n) is 9.02. The van der Waals surface area contributed by atoms with Crippen molar-refractivity contribution < 1.29 is 19.2 Å². The first-order chi connectivity index (χ1) is 14.5. The molecular weight excluding hydrogens is 443 g/mol. The minimum absolute atomic E-state index is 0.0203. The minimum atomic E-state index is -1.52. The Morgan fingerprint density at radius 3 is 2.63 bits per heavy atom. The van der Waals surface area contributed by atoms with Crippen LogP contribution >= 0.6 is 0 Å². The van der Waals surface area contributed by atoms with Crippen molar-refractivity contribution in [3.8, 4) is 17.2 Å². The average Bonchev–Trinajstić information content (AvgIpc) is 3.17. The fraction of sp³-hybridized carbons (Fsp3) is 0.0435. The van der Waals surface area contributed by atoms with Crippen molar-refractivity contribution in [2.24, 2.45) is 0 Å². The number of carboxylic acid groups (broad SMARTS) is 1. The standard InChI is InChI=1S/C23H15AsN2O4/c1-13-4-2-3-5-16(13)15-7-8-17-20(11-15)26-30-21(17)22(27)24-19-9-6-14(12-25)10-18(19)23(28)29/h2-11,24H,1H3,(H,28,29). The number of carbonyl (C=O) groups excluding carboxylic acids is 1. The topological polar surface area (TPSA) is 104 Å². The molecule has 0 bridgehead atoms. The second kappa shape index (κ2) is 7.98. The van der Waals surface area contributed by atoms with Crippen molar-refractivity contribution in [2.45, 2.75) is 6.92 Å². The molecule has 30 heavy (non-hydrogen) atoms. The Kier molecular flexibility index (Phi) is 5.22. The van der Waals surface area contributed by atoms with E-state index in [4.69, 9.17) is 9.78 Å². The zero-order chi connectivity index (χ0) is 21.3. The molecule has 6 nitrogen and oxygen atoms in total. The number of carbonyl (C=O) groups is 2. The Morgan fingerprint density at radius 1 is 1.10 bits per heavy atom. The number of hydrogen-bond donors (Lipinski definition) is 1. The summed E-state index contributed by atoms with van der Waals surface area (Å²) < 4.78 is 5.53. The number of benzene rings is 3. The summed E-state index contributed by atoms with van der Waals surface area (Å²) in [6.45, 7) is 2.03. The Balaban J connectivity index is 1.68. The molecule has 0 radical (unpaired) electrons. The van der Waals surface area contributed by atoms with E-state index in [0.717, 1.165) is 16.7 Å². The van der Waals surface area contributed by atoms with Gasteiger partial charge in [0.15, 0.2) is 0 Å². The molecule has 1 aromatic heterocycles. The van der Waals surface area contributed by atoms with Gasteiger partial charge in [0.05, 0.1) is 0 Å². The SMILES string of the molecule is Cc1ccccc1-c1ccc2c(C(=O)[AsH]c3ccc(C#N)cc3C(=O)O)onc2c1. The van der Waals surface area contributed by atoms with Gasteiger partial charge in [0.1, 0.15) is 0 Å². The molecule has 0 saturated carbocycles. The van der Waals surface area contributed by atoms with E-state index in [9.17, 15) is 14.7 Å². The zero-order valence-electron chi connectivity index (χ0n) is 15.8.